The summed E-state index contributed by atoms with van der Waals surface area (Å²) in [5.74, 6) is 2.39. The van der Waals surface area contributed by atoms with E-state index in [-0.39, 0.29) is 0 Å². The Balaban J connectivity index is 1.91. The van der Waals surface area contributed by atoms with Crippen molar-refractivity contribution in [3.63, 3.8) is 0 Å². The number of aromatic nitrogens is 2. The number of nitrogens with zero attached hydrogens (tertiary/aromatic N) is 2. The third-order valence-corrected chi connectivity index (χ3v) is 2.94. The van der Waals surface area contributed by atoms with Gasteiger partial charge in [-0.1, -0.05) is 0 Å². The molecule has 6 heteroatoms. The maximum atomic E-state index is 5.42. The summed E-state index contributed by atoms with van der Waals surface area (Å²) in [6.45, 7) is 4.17. The Morgan fingerprint density at radius 1 is 1.09 bits per heavy atom. The highest BCUT2D eigenvalue weighted by Crippen LogP contribution is 2.19. The zero-order valence-electron chi connectivity index (χ0n) is 13.0. The van der Waals surface area contributed by atoms with Gasteiger partial charge in [-0.2, -0.15) is 0 Å². The zero-order chi connectivity index (χ0) is 15.6. The molecule has 0 fully saturated rings. The lowest BCUT2D eigenvalue weighted by Crippen LogP contribution is -2.06. The maximum Gasteiger partial charge on any atom is 0.135 e. The van der Waals surface area contributed by atoms with Crippen LogP contribution in [-0.2, 0) is 4.74 Å². The lowest BCUT2D eigenvalue weighted by atomic mass is 10.3. The van der Waals surface area contributed by atoms with Gasteiger partial charge >= 0.3 is 0 Å². The van der Waals surface area contributed by atoms with Crippen LogP contribution in [0.1, 0.15) is 13.3 Å². The molecule has 0 radical (unpaired) electrons. The number of rotatable bonds is 9. The molecular formula is C16H22N4O2. The second-order valence-electron chi connectivity index (χ2n) is 4.64. The molecule has 2 N–H and O–H groups in total. The highest BCUT2D eigenvalue weighted by Gasteiger charge is 2.00. The van der Waals surface area contributed by atoms with Gasteiger partial charge in [-0.3, -0.25) is 0 Å². The Kier molecular flexibility index (Phi) is 6.44. The van der Waals surface area contributed by atoms with Crippen molar-refractivity contribution >= 4 is 17.3 Å². The maximum absolute atomic E-state index is 5.42. The number of methoxy groups -OCH3 is 1. The van der Waals surface area contributed by atoms with Crippen molar-refractivity contribution < 1.29 is 9.47 Å². The van der Waals surface area contributed by atoms with Crippen LogP contribution in [0.3, 0.4) is 0 Å². The Morgan fingerprint density at radius 3 is 2.59 bits per heavy atom. The number of nitrogens with one attached hydrogen (secondary N) is 2. The minimum Gasteiger partial charge on any atom is -0.494 e. The lowest BCUT2D eigenvalue weighted by molar-refractivity contribution is 0.198. The molecule has 0 aliphatic heterocycles. The number of hydrogen-bond acceptors (Lipinski definition) is 6. The van der Waals surface area contributed by atoms with E-state index in [1.54, 1.807) is 7.11 Å². The Labute approximate surface area is 130 Å². The smallest absolute Gasteiger partial charge is 0.135 e. The van der Waals surface area contributed by atoms with E-state index < -0.39 is 0 Å². The van der Waals surface area contributed by atoms with Gasteiger partial charge in [-0.15, -0.1) is 0 Å². The van der Waals surface area contributed by atoms with E-state index in [0.717, 1.165) is 42.6 Å². The van der Waals surface area contributed by atoms with Gasteiger partial charge in [0.05, 0.1) is 6.61 Å². The fourth-order valence-electron chi connectivity index (χ4n) is 1.90. The van der Waals surface area contributed by atoms with E-state index in [4.69, 9.17) is 9.47 Å². The second-order valence-corrected chi connectivity index (χ2v) is 4.64. The summed E-state index contributed by atoms with van der Waals surface area (Å²) in [7, 11) is 1.70. The average Bonchev–Trinajstić information content (AvgIpc) is 2.54. The van der Waals surface area contributed by atoms with E-state index >= 15 is 0 Å². The molecule has 0 saturated carbocycles. The molecule has 0 saturated heterocycles. The monoisotopic (exact) mass is 302 g/mol. The van der Waals surface area contributed by atoms with E-state index in [9.17, 15) is 0 Å². The Morgan fingerprint density at radius 2 is 1.86 bits per heavy atom. The number of benzene rings is 1. The molecule has 0 atom stereocenters. The molecule has 0 aliphatic rings. The van der Waals surface area contributed by atoms with Gasteiger partial charge in [0.1, 0.15) is 23.7 Å². The normalized spacial score (nSPS) is 10.3. The third-order valence-electron chi connectivity index (χ3n) is 2.94. The van der Waals surface area contributed by atoms with Crippen LogP contribution in [0.25, 0.3) is 0 Å². The first-order valence-electron chi connectivity index (χ1n) is 7.36. The fraction of sp³-hybridized carbons (Fsp3) is 0.375. The Hall–Kier alpha value is -2.34. The first-order valence-corrected chi connectivity index (χ1v) is 7.36. The van der Waals surface area contributed by atoms with Crippen LogP contribution in [0.2, 0.25) is 0 Å². The van der Waals surface area contributed by atoms with Crippen LogP contribution in [0, 0.1) is 0 Å². The highest BCUT2D eigenvalue weighted by molar-refractivity contribution is 5.59. The van der Waals surface area contributed by atoms with Gasteiger partial charge in [-0.05, 0) is 37.6 Å². The summed E-state index contributed by atoms with van der Waals surface area (Å²) >= 11 is 0. The van der Waals surface area contributed by atoms with Crippen LogP contribution < -0.4 is 15.4 Å². The van der Waals surface area contributed by atoms with Crippen molar-refractivity contribution in [1.29, 1.82) is 0 Å². The standard InChI is InChI=1S/C16H22N4O2/c1-3-22-14-7-5-13(6-8-14)20-16-11-15(18-12-19-16)17-9-4-10-21-2/h5-8,11-12H,3-4,9-10H2,1-2H3,(H2,17,18,19,20). The van der Waals surface area contributed by atoms with Gasteiger partial charge in [0.2, 0.25) is 0 Å². The minimum atomic E-state index is 0.663. The molecule has 0 spiro atoms. The number of hydrogen-bond donors (Lipinski definition) is 2. The summed E-state index contributed by atoms with van der Waals surface area (Å²) in [5, 5.41) is 6.48. The van der Waals surface area contributed by atoms with Crippen molar-refractivity contribution in [3.05, 3.63) is 36.7 Å². The first-order chi connectivity index (χ1) is 10.8. The van der Waals surface area contributed by atoms with Crippen LogP contribution in [0.5, 0.6) is 5.75 Å². The largest absolute Gasteiger partial charge is 0.494 e. The van der Waals surface area contributed by atoms with Crippen molar-refractivity contribution in [1.82, 2.24) is 9.97 Å². The molecule has 2 rings (SSSR count). The van der Waals surface area contributed by atoms with Crippen molar-refractivity contribution in [2.45, 2.75) is 13.3 Å². The van der Waals surface area contributed by atoms with Crippen LogP contribution in [0.4, 0.5) is 17.3 Å². The lowest BCUT2D eigenvalue weighted by Gasteiger charge is -2.09. The molecular weight excluding hydrogens is 280 g/mol. The topological polar surface area (TPSA) is 68.3 Å². The molecule has 6 nitrogen and oxygen atoms in total. The van der Waals surface area contributed by atoms with Gasteiger partial charge in [0, 0.05) is 32.0 Å². The highest BCUT2D eigenvalue weighted by atomic mass is 16.5. The first kappa shape index (κ1) is 16.0. The summed E-state index contributed by atoms with van der Waals surface area (Å²) in [4.78, 5) is 8.41. The Bertz CT molecular complexity index is 560. The molecule has 118 valence electrons. The molecule has 22 heavy (non-hydrogen) atoms. The molecule has 1 heterocycles. The van der Waals surface area contributed by atoms with Crippen molar-refractivity contribution in [2.75, 3.05) is 37.5 Å². The van der Waals surface area contributed by atoms with Crippen LogP contribution in [-0.4, -0.2) is 36.8 Å². The molecule has 0 unspecified atom stereocenters. The van der Waals surface area contributed by atoms with Crippen LogP contribution >= 0.6 is 0 Å². The summed E-state index contributed by atoms with van der Waals surface area (Å²) < 4.78 is 10.4. The SMILES string of the molecule is CCOc1ccc(Nc2cc(NCCCOC)ncn2)cc1. The third kappa shape index (κ3) is 5.21. The summed E-state index contributed by atoms with van der Waals surface area (Å²) in [5.41, 5.74) is 0.951. The minimum absolute atomic E-state index is 0.663. The van der Waals surface area contributed by atoms with Gasteiger partial charge < -0.3 is 20.1 Å². The zero-order valence-corrected chi connectivity index (χ0v) is 13.0. The quantitative estimate of drug-likeness (QED) is 0.694. The number of anilines is 3. The van der Waals surface area contributed by atoms with Gasteiger partial charge in [-0.25, -0.2) is 9.97 Å². The van der Waals surface area contributed by atoms with E-state index in [1.807, 2.05) is 37.3 Å². The second kappa shape index (κ2) is 8.84. The average molecular weight is 302 g/mol. The van der Waals surface area contributed by atoms with Gasteiger partial charge in [0.15, 0.2) is 0 Å². The fourth-order valence-corrected chi connectivity index (χ4v) is 1.90. The summed E-state index contributed by atoms with van der Waals surface area (Å²) in [6.07, 6.45) is 2.47. The summed E-state index contributed by atoms with van der Waals surface area (Å²) in [6, 6.07) is 9.65. The predicted molar refractivity (Wildman–Crippen MR) is 87.9 cm³/mol. The molecule has 0 amide bonds. The van der Waals surface area contributed by atoms with E-state index in [2.05, 4.69) is 20.6 Å². The molecule has 0 aliphatic carbocycles. The van der Waals surface area contributed by atoms with E-state index in [0.29, 0.717) is 6.61 Å². The van der Waals surface area contributed by atoms with E-state index in [1.165, 1.54) is 6.33 Å². The molecule has 1 aromatic carbocycles. The van der Waals surface area contributed by atoms with Crippen LogP contribution in [0.15, 0.2) is 36.7 Å². The van der Waals surface area contributed by atoms with Crippen molar-refractivity contribution in [3.8, 4) is 5.75 Å². The number of ether oxygens (including phenoxy) is 2. The molecule has 0 bridgehead atoms. The predicted octanol–water partition coefficient (Wildman–Crippen LogP) is 3.07. The molecule has 1 aromatic heterocycles. The van der Waals surface area contributed by atoms with Gasteiger partial charge in [0.25, 0.3) is 0 Å². The van der Waals surface area contributed by atoms with Crippen molar-refractivity contribution in [2.24, 2.45) is 0 Å². The molecule has 2 aromatic rings.